The van der Waals surface area contributed by atoms with Gasteiger partial charge in [0.1, 0.15) is 11.5 Å². The average molecular weight is 360 g/mol. The Morgan fingerprint density at radius 2 is 2.00 bits per heavy atom. The second kappa shape index (κ2) is 7.67. The van der Waals surface area contributed by atoms with Gasteiger partial charge in [-0.3, -0.25) is 9.59 Å². The Morgan fingerprint density at radius 1 is 1.31 bits per heavy atom. The van der Waals surface area contributed by atoms with Gasteiger partial charge in [-0.05, 0) is 18.1 Å². The molecular formula is C17H21BN2O6. The van der Waals surface area contributed by atoms with E-state index < -0.39 is 24.4 Å². The Labute approximate surface area is 151 Å². The number of carboxylic acid groups (broad SMARTS) is 1. The molecule has 0 radical (unpaired) electrons. The van der Waals surface area contributed by atoms with E-state index in [1.54, 1.807) is 32.9 Å². The number of nitroso groups, excluding NO2 is 1. The van der Waals surface area contributed by atoms with Crippen LogP contribution in [0.25, 0.3) is 0 Å². The topological polar surface area (TPSA) is 122 Å². The molecule has 1 heterocycles. The first-order chi connectivity index (χ1) is 12.1. The van der Waals surface area contributed by atoms with E-state index in [2.05, 4.69) is 10.4 Å². The molecule has 2 rings (SSSR count). The van der Waals surface area contributed by atoms with Crippen molar-refractivity contribution in [1.82, 2.24) is 5.32 Å². The largest absolute Gasteiger partial charge is 0.570 e. The number of hydrogen-bond acceptors (Lipinski definition) is 6. The van der Waals surface area contributed by atoms with E-state index in [4.69, 9.17) is 4.65 Å². The minimum atomic E-state index is -1.23. The fraction of sp³-hybridized carbons (Fsp3) is 0.471. The number of ketones is 1. The van der Waals surface area contributed by atoms with Crippen LogP contribution in [0, 0.1) is 10.3 Å². The van der Waals surface area contributed by atoms with Crippen LogP contribution >= 0.6 is 0 Å². The van der Waals surface area contributed by atoms with Crippen molar-refractivity contribution >= 4 is 24.7 Å². The maximum atomic E-state index is 12.1. The van der Waals surface area contributed by atoms with Crippen LogP contribution in [-0.4, -0.2) is 35.8 Å². The Balaban J connectivity index is 2.07. The number of aromatic carboxylic acids is 1. The summed E-state index contributed by atoms with van der Waals surface area (Å²) in [4.78, 5) is 46.4. The van der Waals surface area contributed by atoms with Crippen molar-refractivity contribution in [2.45, 2.75) is 46.0 Å². The molecule has 26 heavy (non-hydrogen) atoms. The van der Waals surface area contributed by atoms with Gasteiger partial charge in [-0.15, -0.1) is 0 Å². The molecular weight excluding hydrogens is 339 g/mol. The van der Waals surface area contributed by atoms with E-state index >= 15 is 0 Å². The molecule has 0 aliphatic carbocycles. The molecule has 1 aliphatic heterocycles. The highest BCUT2D eigenvalue weighted by Gasteiger charge is 2.40. The second-order valence-electron chi connectivity index (χ2n) is 7.26. The summed E-state index contributed by atoms with van der Waals surface area (Å²) in [5, 5.41) is 14.7. The number of para-hydroxylation sites is 1. The predicted octanol–water partition coefficient (Wildman–Crippen LogP) is 1.99. The van der Waals surface area contributed by atoms with Crippen molar-refractivity contribution in [3.05, 3.63) is 34.2 Å². The van der Waals surface area contributed by atoms with Crippen LogP contribution in [0.1, 0.15) is 49.5 Å². The number of carbonyl (C=O) groups excluding carboxylic acids is 2. The average Bonchev–Trinajstić information content (AvgIpc) is 2.57. The lowest BCUT2D eigenvalue weighted by molar-refractivity contribution is -0.129. The van der Waals surface area contributed by atoms with Gasteiger partial charge >= 0.3 is 13.0 Å². The molecule has 0 bridgehead atoms. The Bertz CT molecular complexity index is 743. The summed E-state index contributed by atoms with van der Waals surface area (Å²) < 4.78 is 5.43. The van der Waals surface area contributed by atoms with Crippen LogP contribution in [-0.2, 0) is 16.0 Å². The SMILES string of the molecule is CC(C)(C)C(=O)CCC(=O)N[C@H]1Cc2cccc(C(=O)O)c2OB1N=O. The van der Waals surface area contributed by atoms with Gasteiger partial charge in [0, 0.05) is 18.3 Å². The Hall–Kier alpha value is -2.71. The third-order valence-electron chi connectivity index (χ3n) is 4.22. The molecule has 1 aromatic carbocycles. The molecule has 9 heteroatoms. The lowest BCUT2D eigenvalue weighted by Gasteiger charge is -2.28. The smallest absolute Gasteiger partial charge is 0.536 e. The van der Waals surface area contributed by atoms with E-state index in [-0.39, 0.29) is 42.3 Å². The van der Waals surface area contributed by atoms with E-state index in [0.29, 0.717) is 5.56 Å². The minimum Gasteiger partial charge on any atom is -0.536 e. The summed E-state index contributed by atoms with van der Waals surface area (Å²) in [6.07, 6.45) is 0.313. The third kappa shape index (κ3) is 4.47. The van der Waals surface area contributed by atoms with Gasteiger partial charge < -0.3 is 15.1 Å². The van der Waals surface area contributed by atoms with Crippen molar-refractivity contribution in [3.8, 4) is 5.75 Å². The van der Waals surface area contributed by atoms with Crippen LogP contribution in [0.4, 0.5) is 0 Å². The molecule has 1 amide bonds. The predicted molar refractivity (Wildman–Crippen MR) is 94.9 cm³/mol. The molecule has 0 saturated heterocycles. The molecule has 0 spiro atoms. The Morgan fingerprint density at radius 3 is 2.58 bits per heavy atom. The van der Waals surface area contributed by atoms with Crippen LogP contribution in [0.5, 0.6) is 5.75 Å². The molecule has 0 fully saturated rings. The van der Waals surface area contributed by atoms with Gasteiger partial charge in [-0.1, -0.05) is 38.0 Å². The van der Waals surface area contributed by atoms with E-state index in [1.807, 2.05) is 0 Å². The van der Waals surface area contributed by atoms with Gasteiger partial charge in [0.15, 0.2) is 0 Å². The lowest BCUT2D eigenvalue weighted by atomic mass is 9.68. The zero-order chi connectivity index (χ0) is 19.5. The first kappa shape index (κ1) is 19.6. The van der Waals surface area contributed by atoms with Crippen molar-refractivity contribution < 1.29 is 24.1 Å². The number of hydrogen-bond donors (Lipinski definition) is 2. The molecule has 2 N–H and O–H groups in total. The van der Waals surface area contributed by atoms with Crippen molar-refractivity contribution in [2.24, 2.45) is 10.5 Å². The molecule has 1 aliphatic rings. The van der Waals surface area contributed by atoms with Crippen LogP contribution in [0.2, 0.25) is 0 Å². The van der Waals surface area contributed by atoms with Crippen molar-refractivity contribution in [3.63, 3.8) is 0 Å². The molecule has 0 aromatic heterocycles. The highest BCUT2D eigenvalue weighted by Crippen LogP contribution is 2.31. The molecule has 138 valence electrons. The number of fused-ring (bicyclic) bond motifs is 1. The van der Waals surface area contributed by atoms with Gasteiger partial charge in [-0.25, -0.2) is 4.79 Å². The van der Waals surface area contributed by atoms with E-state index in [9.17, 15) is 24.4 Å². The number of Topliss-reactive ketones (excluding diaryl/α,β-unsaturated/α-hetero) is 1. The molecule has 8 nitrogen and oxygen atoms in total. The standard InChI is InChI=1S/C17H21BN2O6/c1-17(2,3)12(21)7-8-14(22)19-13-9-10-5-4-6-11(16(23)24)15(10)26-18(13)20-25/h4-6,13H,7-9H2,1-3H3,(H,19,22)(H,23,24)/t13-/m0/s1. The zero-order valence-corrected chi connectivity index (χ0v) is 14.9. The zero-order valence-electron chi connectivity index (χ0n) is 14.9. The second-order valence-corrected chi connectivity index (χ2v) is 7.26. The highest BCUT2D eigenvalue weighted by molar-refractivity contribution is 6.53. The van der Waals surface area contributed by atoms with Crippen molar-refractivity contribution in [2.75, 3.05) is 0 Å². The molecule has 1 atom stereocenters. The maximum absolute atomic E-state index is 12.1. The van der Waals surface area contributed by atoms with Crippen LogP contribution < -0.4 is 9.97 Å². The maximum Gasteiger partial charge on any atom is 0.570 e. The first-order valence-electron chi connectivity index (χ1n) is 8.30. The monoisotopic (exact) mass is 360 g/mol. The highest BCUT2D eigenvalue weighted by atomic mass is 16.5. The minimum absolute atomic E-state index is 0.000202. The number of carbonyl (C=O) groups is 3. The summed E-state index contributed by atoms with van der Waals surface area (Å²) >= 11 is 0. The fourth-order valence-corrected chi connectivity index (χ4v) is 2.69. The fourth-order valence-electron chi connectivity index (χ4n) is 2.69. The van der Waals surface area contributed by atoms with Crippen LogP contribution in [0.15, 0.2) is 23.3 Å². The van der Waals surface area contributed by atoms with Gasteiger partial charge in [0.25, 0.3) is 0 Å². The molecule has 1 aromatic rings. The van der Waals surface area contributed by atoms with Crippen molar-refractivity contribution in [1.29, 1.82) is 0 Å². The van der Waals surface area contributed by atoms with Gasteiger partial charge in [0.2, 0.25) is 5.91 Å². The van der Waals surface area contributed by atoms with Gasteiger partial charge in [-0.2, -0.15) is 4.91 Å². The molecule has 0 saturated carbocycles. The lowest BCUT2D eigenvalue weighted by Crippen LogP contribution is -2.52. The number of amides is 1. The number of benzene rings is 1. The number of nitrogens with zero attached hydrogens (tertiary/aromatic N) is 1. The number of nitrogens with one attached hydrogen (secondary N) is 1. The van der Waals surface area contributed by atoms with Crippen LogP contribution in [0.3, 0.4) is 0 Å². The normalized spacial score (nSPS) is 16.3. The summed E-state index contributed by atoms with van der Waals surface area (Å²) in [6, 6.07) is 4.62. The van der Waals surface area contributed by atoms with E-state index in [0.717, 1.165) is 0 Å². The number of carboxylic acids is 1. The third-order valence-corrected chi connectivity index (χ3v) is 4.22. The number of rotatable bonds is 6. The summed E-state index contributed by atoms with van der Waals surface area (Å²) in [5.41, 5.74) is -0.00891. The quantitative estimate of drug-likeness (QED) is 0.591. The summed E-state index contributed by atoms with van der Waals surface area (Å²) in [5.74, 6) is -2.22. The van der Waals surface area contributed by atoms with Gasteiger partial charge in [0.05, 0.1) is 11.5 Å². The first-order valence-corrected chi connectivity index (χ1v) is 8.30. The van der Waals surface area contributed by atoms with E-state index in [1.165, 1.54) is 6.07 Å². The summed E-state index contributed by atoms with van der Waals surface area (Å²) in [7, 11) is -1.23. The Kier molecular flexibility index (Phi) is 5.79. The summed E-state index contributed by atoms with van der Waals surface area (Å²) in [6.45, 7) is 5.35. The molecule has 0 unspecified atom stereocenters.